The molecule has 12 rings (SSSR count). The van der Waals surface area contributed by atoms with Crippen LogP contribution in [0.1, 0.15) is 46.4 Å². The molecule has 3 unspecified atom stereocenters. The van der Waals surface area contributed by atoms with E-state index < -0.39 is 0 Å². The predicted molar refractivity (Wildman–Crippen MR) is 237 cm³/mol. The standard InChI is InChI=1S/C51H36N4OS/c1-3-12-31(13-4-1)49-52-50(32-14-5-2-6-15-32)54-51(53-49)34-23-26-41-47(29-34)57-46-21-11-18-36(48(41)46)33-22-25-39-40-27-24-35(30-45(40)56-44(39)28-33)55-42-19-9-7-16-37(42)38-17-8-10-20-43(38)55/h1-29,35,49-50,52H,30H2,(H,53,54). The minimum absolute atomic E-state index is 0.0779. The van der Waals surface area contributed by atoms with Crippen molar-refractivity contribution in [3.05, 3.63) is 198 Å². The summed E-state index contributed by atoms with van der Waals surface area (Å²) in [6, 6.07) is 58.8. The molecule has 10 aromatic rings. The second kappa shape index (κ2) is 12.9. The zero-order chi connectivity index (χ0) is 37.5. The molecule has 0 saturated heterocycles. The Morgan fingerprint density at radius 2 is 1.32 bits per heavy atom. The molecule has 1 aliphatic carbocycles. The van der Waals surface area contributed by atoms with Crippen molar-refractivity contribution in [1.82, 2.24) is 15.2 Å². The first kappa shape index (κ1) is 32.5. The van der Waals surface area contributed by atoms with Crippen molar-refractivity contribution in [3.63, 3.8) is 0 Å². The molecular weight excluding hydrogens is 717 g/mol. The van der Waals surface area contributed by atoms with E-state index in [2.05, 4.69) is 185 Å². The summed E-state index contributed by atoms with van der Waals surface area (Å²) in [5, 5.41) is 13.7. The second-order valence-corrected chi connectivity index (χ2v) is 16.2. The number of thiophene rings is 1. The minimum atomic E-state index is -0.172. The number of nitrogens with zero attached hydrogens (tertiary/aromatic N) is 2. The number of aromatic nitrogens is 1. The Morgan fingerprint density at radius 3 is 2.11 bits per heavy atom. The van der Waals surface area contributed by atoms with Gasteiger partial charge in [0.15, 0.2) is 0 Å². The first-order valence-corrected chi connectivity index (χ1v) is 20.4. The van der Waals surface area contributed by atoms with Crippen molar-refractivity contribution in [1.29, 1.82) is 0 Å². The number of amidine groups is 1. The smallest absolute Gasteiger partial charge is 0.135 e. The number of allylic oxidation sites excluding steroid dienone is 1. The number of hydrogen-bond acceptors (Lipinski definition) is 5. The average molecular weight is 753 g/mol. The lowest BCUT2D eigenvalue weighted by atomic mass is 9.96. The van der Waals surface area contributed by atoms with Crippen LogP contribution in [0.25, 0.3) is 70.2 Å². The summed E-state index contributed by atoms with van der Waals surface area (Å²) < 4.78 is 11.7. The molecule has 272 valence electrons. The van der Waals surface area contributed by atoms with Crippen LogP contribution in [0.5, 0.6) is 0 Å². The van der Waals surface area contributed by atoms with Crippen LogP contribution < -0.4 is 10.6 Å². The molecule has 3 aromatic heterocycles. The Morgan fingerprint density at radius 1 is 0.614 bits per heavy atom. The summed E-state index contributed by atoms with van der Waals surface area (Å²) in [5.41, 5.74) is 10.4. The maximum Gasteiger partial charge on any atom is 0.135 e. The fourth-order valence-corrected chi connectivity index (χ4v) is 10.3. The van der Waals surface area contributed by atoms with Gasteiger partial charge in [-0.05, 0) is 58.7 Å². The Bertz CT molecular complexity index is 3190. The van der Waals surface area contributed by atoms with E-state index >= 15 is 0 Å². The van der Waals surface area contributed by atoms with Gasteiger partial charge in [0.05, 0.1) is 6.04 Å². The normalized spacial score (nSPS) is 18.0. The Balaban J connectivity index is 0.903. The molecule has 0 amide bonds. The van der Waals surface area contributed by atoms with E-state index in [9.17, 15) is 0 Å². The molecule has 5 nitrogen and oxygen atoms in total. The first-order valence-electron chi connectivity index (χ1n) is 19.6. The SMILES string of the molecule is C1=CC(n2c3ccccc3c3ccccc32)Cc2oc3cc(-c4cccc5sc6cc(C7=NC(c8ccccc8)NC(c8ccccc8)N7)ccc6c45)ccc3c21. The third kappa shape index (κ3) is 5.29. The Hall–Kier alpha value is -6.73. The molecule has 2 aliphatic rings. The average Bonchev–Trinajstić information content (AvgIpc) is 3.95. The summed E-state index contributed by atoms with van der Waals surface area (Å²) in [7, 11) is 0. The molecule has 0 radical (unpaired) electrons. The summed E-state index contributed by atoms with van der Waals surface area (Å²) in [5.74, 6) is 1.93. The molecule has 0 saturated carbocycles. The lowest BCUT2D eigenvalue weighted by molar-refractivity contribution is 0.409. The van der Waals surface area contributed by atoms with Crippen LogP contribution in [-0.4, -0.2) is 10.4 Å². The molecule has 6 heteroatoms. The molecule has 3 atom stereocenters. The van der Waals surface area contributed by atoms with E-state index in [1.54, 1.807) is 0 Å². The Labute approximate surface area is 333 Å². The number of furan rings is 1. The van der Waals surface area contributed by atoms with Crippen LogP contribution in [0, 0.1) is 0 Å². The van der Waals surface area contributed by atoms with Crippen LogP contribution in [0.2, 0.25) is 0 Å². The number of aliphatic imine (C=N–C) groups is 1. The van der Waals surface area contributed by atoms with Crippen molar-refractivity contribution in [2.75, 3.05) is 0 Å². The highest BCUT2D eigenvalue weighted by Crippen LogP contribution is 2.43. The van der Waals surface area contributed by atoms with Gasteiger partial charge >= 0.3 is 0 Å². The van der Waals surface area contributed by atoms with Crippen LogP contribution in [0.3, 0.4) is 0 Å². The summed E-state index contributed by atoms with van der Waals surface area (Å²) >= 11 is 1.84. The fourth-order valence-electron chi connectivity index (χ4n) is 9.16. The fraction of sp³-hybridized carbons (Fsp3) is 0.0784. The number of nitrogens with one attached hydrogen (secondary N) is 2. The third-order valence-electron chi connectivity index (χ3n) is 11.8. The van der Waals surface area contributed by atoms with Crippen LogP contribution in [-0.2, 0) is 6.42 Å². The zero-order valence-corrected chi connectivity index (χ0v) is 31.7. The van der Waals surface area contributed by atoms with Crippen molar-refractivity contribution in [2.24, 2.45) is 4.99 Å². The van der Waals surface area contributed by atoms with E-state index in [0.717, 1.165) is 45.7 Å². The van der Waals surface area contributed by atoms with E-state index in [0.29, 0.717) is 0 Å². The van der Waals surface area contributed by atoms with Crippen molar-refractivity contribution in [3.8, 4) is 11.1 Å². The largest absolute Gasteiger partial charge is 0.460 e. The monoisotopic (exact) mass is 752 g/mol. The molecule has 2 N–H and O–H groups in total. The van der Waals surface area contributed by atoms with E-state index in [-0.39, 0.29) is 18.4 Å². The van der Waals surface area contributed by atoms with Gasteiger partial charge in [0, 0.05) is 64.9 Å². The van der Waals surface area contributed by atoms with Gasteiger partial charge in [-0.15, -0.1) is 11.3 Å². The zero-order valence-electron chi connectivity index (χ0n) is 30.9. The topological polar surface area (TPSA) is 54.5 Å². The molecule has 57 heavy (non-hydrogen) atoms. The highest BCUT2D eigenvalue weighted by Gasteiger charge is 2.27. The van der Waals surface area contributed by atoms with Gasteiger partial charge in [-0.3, -0.25) is 5.32 Å². The highest BCUT2D eigenvalue weighted by molar-refractivity contribution is 7.26. The molecule has 0 bridgehead atoms. The summed E-state index contributed by atoms with van der Waals surface area (Å²) in [6.45, 7) is 0. The van der Waals surface area contributed by atoms with Crippen molar-refractivity contribution in [2.45, 2.75) is 24.8 Å². The second-order valence-electron chi connectivity index (χ2n) is 15.1. The van der Waals surface area contributed by atoms with Crippen molar-refractivity contribution < 1.29 is 4.42 Å². The van der Waals surface area contributed by atoms with E-state index in [1.165, 1.54) is 58.7 Å². The summed E-state index contributed by atoms with van der Waals surface area (Å²) in [4.78, 5) is 5.21. The quantitative estimate of drug-likeness (QED) is 0.184. The summed E-state index contributed by atoms with van der Waals surface area (Å²) in [6.07, 6.45) is 5.18. The Kier molecular flexibility index (Phi) is 7.37. The number of benzene rings is 7. The van der Waals surface area contributed by atoms with Crippen LogP contribution >= 0.6 is 11.3 Å². The predicted octanol–water partition coefficient (Wildman–Crippen LogP) is 12.7. The van der Waals surface area contributed by atoms with Gasteiger partial charge < -0.3 is 14.3 Å². The van der Waals surface area contributed by atoms with Gasteiger partial charge in [-0.25, -0.2) is 4.99 Å². The number of rotatable bonds is 5. The van der Waals surface area contributed by atoms with Gasteiger partial charge in [0.1, 0.15) is 29.5 Å². The molecule has 7 aromatic carbocycles. The van der Waals surface area contributed by atoms with E-state index in [1.807, 2.05) is 17.4 Å². The lowest BCUT2D eigenvalue weighted by Gasteiger charge is -2.32. The third-order valence-corrected chi connectivity index (χ3v) is 12.9. The van der Waals surface area contributed by atoms with Gasteiger partial charge in [-0.2, -0.15) is 0 Å². The van der Waals surface area contributed by atoms with Gasteiger partial charge in [-0.1, -0.05) is 140 Å². The molecule has 4 heterocycles. The maximum absolute atomic E-state index is 6.76. The number of hydrogen-bond donors (Lipinski definition) is 2. The van der Waals surface area contributed by atoms with Crippen LogP contribution in [0.15, 0.2) is 179 Å². The van der Waals surface area contributed by atoms with E-state index in [4.69, 9.17) is 9.41 Å². The highest BCUT2D eigenvalue weighted by atomic mass is 32.1. The number of fused-ring (bicyclic) bond motifs is 9. The maximum atomic E-state index is 6.76. The molecule has 0 fully saturated rings. The number of para-hydroxylation sites is 2. The molecule has 0 spiro atoms. The van der Waals surface area contributed by atoms with Crippen LogP contribution in [0.4, 0.5) is 0 Å². The van der Waals surface area contributed by atoms with Gasteiger partial charge in [0.25, 0.3) is 0 Å². The molecule has 1 aliphatic heterocycles. The van der Waals surface area contributed by atoms with Crippen molar-refractivity contribution >= 4 is 76.2 Å². The lowest BCUT2D eigenvalue weighted by Crippen LogP contribution is -2.44. The minimum Gasteiger partial charge on any atom is -0.460 e. The first-order chi connectivity index (χ1) is 28.2. The molecular formula is C51H36N4OS. The van der Waals surface area contributed by atoms with Gasteiger partial charge in [0.2, 0.25) is 0 Å².